The molecule has 0 atom stereocenters. The van der Waals surface area contributed by atoms with Gasteiger partial charge in [-0.25, -0.2) is 0 Å². The molecule has 0 fully saturated rings. The molecule has 0 heterocycles. The number of para-hydroxylation sites is 2. The molecule has 134 valence electrons. The van der Waals surface area contributed by atoms with Gasteiger partial charge in [-0.3, -0.25) is 0 Å². The summed E-state index contributed by atoms with van der Waals surface area (Å²) in [6.07, 6.45) is 0. The Morgan fingerprint density at radius 2 is 1.42 bits per heavy atom. The Hall–Kier alpha value is -3.14. The van der Waals surface area contributed by atoms with E-state index in [1.54, 1.807) is 7.11 Å². The third-order valence-corrected chi connectivity index (χ3v) is 3.86. The van der Waals surface area contributed by atoms with E-state index in [0.29, 0.717) is 19.8 Å². The van der Waals surface area contributed by atoms with Crippen LogP contribution >= 0.6 is 0 Å². The van der Waals surface area contributed by atoms with Crippen LogP contribution in [0.4, 0.5) is 5.69 Å². The van der Waals surface area contributed by atoms with Crippen molar-refractivity contribution in [1.82, 2.24) is 0 Å². The van der Waals surface area contributed by atoms with E-state index in [-0.39, 0.29) is 0 Å². The number of rotatable bonds is 9. The normalized spacial score (nSPS) is 10.2. The van der Waals surface area contributed by atoms with Gasteiger partial charge in [0.25, 0.3) is 0 Å². The first kappa shape index (κ1) is 17.7. The van der Waals surface area contributed by atoms with Gasteiger partial charge in [-0.2, -0.15) is 0 Å². The molecule has 0 amide bonds. The lowest BCUT2D eigenvalue weighted by Crippen LogP contribution is -2.11. The second kappa shape index (κ2) is 9.37. The second-order valence-electron chi connectivity index (χ2n) is 5.72. The van der Waals surface area contributed by atoms with E-state index in [1.807, 2.05) is 66.7 Å². The summed E-state index contributed by atoms with van der Waals surface area (Å²) in [6.45, 7) is 1.81. The van der Waals surface area contributed by atoms with E-state index in [1.165, 1.54) is 0 Å². The zero-order valence-electron chi connectivity index (χ0n) is 14.9. The lowest BCUT2D eigenvalue weighted by atomic mass is 10.2. The van der Waals surface area contributed by atoms with Crippen molar-refractivity contribution in [2.24, 2.45) is 0 Å². The smallest absolute Gasteiger partial charge is 0.161 e. The fourth-order valence-corrected chi connectivity index (χ4v) is 2.50. The molecule has 4 heteroatoms. The first-order valence-electron chi connectivity index (χ1n) is 8.61. The van der Waals surface area contributed by atoms with Gasteiger partial charge >= 0.3 is 0 Å². The Morgan fingerprint density at radius 1 is 0.731 bits per heavy atom. The second-order valence-corrected chi connectivity index (χ2v) is 5.72. The van der Waals surface area contributed by atoms with Gasteiger partial charge in [-0.15, -0.1) is 0 Å². The monoisotopic (exact) mass is 349 g/mol. The molecule has 1 N–H and O–H groups in total. The Bertz CT molecular complexity index is 788. The van der Waals surface area contributed by atoms with Crippen molar-refractivity contribution in [2.75, 3.05) is 25.6 Å². The first-order valence-corrected chi connectivity index (χ1v) is 8.61. The van der Waals surface area contributed by atoms with Gasteiger partial charge in [0.05, 0.1) is 7.11 Å². The molecule has 3 rings (SSSR count). The SMILES string of the molecule is COc1ccccc1OCCNc1ccc(OCc2ccccc2)cc1. The summed E-state index contributed by atoms with van der Waals surface area (Å²) in [5.74, 6) is 2.35. The third-order valence-electron chi connectivity index (χ3n) is 3.86. The van der Waals surface area contributed by atoms with Gasteiger partial charge in [-0.05, 0) is 42.0 Å². The molecule has 0 unspecified atom stereocenters. The van der Waals surface area contributed by atoms with Crippen LogP contribution in [0.2, 0.25) is 0 Å². The highest BCUT2D eigenvalue weighted by atomic mass is 16.5. The summed E-state index contributed by atoms with van der Waals surface area (Å²) in [6, 6.07) is 25.7. The van der Waals surface area contributed by atoms with Gasteiger partial charge in [0, 0.05) is 12.2 Å². The first-order chi connectivity index (χ1) is 12.8. The molecule has 3 aromatic rings. The summed E-state index contributed by atoms with van der Waals surface area (Å²) in [7, 11) is 1.64. The van der Waals surface area contributed by atoms with E-state index in [0.717, 1.165) is 28.5 Å². The number of benzene rings is 3. The number of hydrogen-bond donors (Lipinski definition) is 1. The lowest BCUT2D eigenvalue weighted by Gasteiger charge is -2.12. The molecular weight excluding hydrogens is 326 g/mol. The predicted octanol–water partition coefficient (Wildman–Crippen LogP) is 4.77. The van der Waals surface area contributed by atoms with Gasteiger partial charge in [0.1, 0.15) is 19.0 Å². The zero-order chi connectivity index (χ0) is 18.0. The largest absolute Gasteiger partial charge is 0.493 e. The van der Waals surface area contributed by atoms with Crippen LogP contribution in [0.25, 0.3) is 0 Å². The molecule has 0 aliphatic heterocycles. The zero-order valence-corrected chi connectivity index (χ0v) is 14.9. The molecule has 0 spiro atoms. The van der Waals surface area contributed by atoms with Gasteiger partial charge in [-0.1, -0.05) is 42.5 Å². The highest BCUT2D eigenvalue weighted by molar-refractivity contribution is 5.46. The average Bonchev–Trinajstić information content (AvgIpc) is 2.71. The molecule has 4 nitrogen and oxygen atoms in total. The van der Waals surface area contributed by atoms with E-state index in [2.05, 4.69) is 17.4 Å². The Balaban J connectivity index is 1.41. The van der Waals surface area contributed by atoms with Crippen LogP contribution in [0.15, 0.2) is 78.9 Å². The van der Waals surface area contributed by atoms with Crippen LogP contribution in [0.5, 0.6) is 17.2 Å². The van der Waals surface area contributed by atoms with Crippen LogP contribution in [-0.2, 0) is 6.61 Å². The number of nitrogens with one attached hydrogen (secondary N) is 1. The number of methoxy groups -OCH3 is 1. The van der Waals surface area contributed by atoms with E-state index in [9.17, 15) is 0 Å². The summed E-state index contributed by atoms with van der Waals surface area (Å²) < 4.78 is 16.8. The maximum absolute atomic E-state index is 5.79. The third kappa shape index (κ3) is 5.18. The molecule has 0 aliphatic rings. The molecule has 0 radical (unpaired) electrons. The fraction of sp³-hybridized carbons (Fsp3) is 0.182. The molecular formula is C22H23NO3. The van der Waals surface area contributed by atoms with Gasteiger partial charge in [0.15, 0.2) is 11.5 Å². The Morgan fingerprint density at radius 3 is 2.15 bits per heavy atom. The molecule has 0 saturated heterocycles. The summed E-state index contributed by atoms with van der Waals surface area (Å²) in [5.41, 5.74) is 2.18. The van der Waals surface area contributed by atoms with Crippen molar-refractivity contribution in [3.05, 3.63) is 84.4 Å². The lowest BCUT2D eigenvalue weighted by molar-refractivity contribution is 0.305. The van der Waals surface area contributed by atoms with Gasteiger partial charge in [0.2, 0.25) is 0 Å². The number of hydrogen-bond acceptors (Lipinski definition) is 4. The standard InChI is InChI=1S/C22H23NO3/c1-24-21-9-5-6-10-22(21)25-16-15-23-19-11-13-20(14-12-19)26-17-18-7-3-2-4-8-18/h2-14,23H,15-17H2,1H3. The van der Waals surface area contributed by atoms with E-state index < -0.39 is 0 Å². The topological polar surface area (TPSA) is 39.7 Å². The molecule has 0 saturated carbocycles. The van der Waals surface area contributed by atoms with E-state index >= 15 is 0 Å². The summed E-state index contributed by atoms with van der Waals surface area (Å²) in [5, 5.41) is 3.33. The van der Waals surface area contributed by atoms with Crippen LogP contribution in [-0.4, -0.2) is 20.3 Å². The Labute approximate surface area is 154 Å². The summed E-state index contributed by atoms with van der Waals surface area (Å²) in [4.78, 5) is 0. The van der Waals surface area contributed by atoms with Crippen molar-refractivity contribution in [2.45, 2.75) is 6.61 Å². The fourth-order valence-electron chi connectivity index (χ4n) is 2.50. The van der Waals surface area contributed by atoms with Crippen LogP contribution in [0, 0.1) is 0 Å². The predicted molar refractivity (Wildman–Crippen MR) is 104 cm³/mol. The van der Waals surface area contributed by atoms with Crippen LogP contribution < -0.4 is 19.5 Å². The molecule has 0 bridgehead atoms. The van der Waals surface area contributed by atoms with Crippen LogP contribution in [0.3, 0.4) is 0 Å². The van der Waals surface area contributed by atoms with Crippen molar-refractivity contribution >= 4 is 5.69 Å². The maximum Gasteiger partial charge on any atom is 0.161 e. The molecule has 0 aromatic heterocycles. The minimum absolute atomic E-state index is 0.548. The molecule has 0 aliphatic carbocycles. The number of ether oxygens (including phenoxy) is 3. The Kier molecular flexibility index (Phi) is 6.37. The van der Waals surface area contributed by atoms with Crippen LogP contribution in [0.1, 0.15) is 5.56 Å². The van der Waals surface area contributed by atoms with Gasteiger partial charge < -0.3 is 19.5 Å². The minimum atomic E-state index is 0.548. The quantitative estimate of drug-likeness (QED) is 0.565. The number of anilines is 1. The van der Waals surface area contributed by atoms with E-state index in [4.69, 9.17) is 14.2 Å². The average molecular weight is 349 g/mol. The molecule has 3 aromatic carbocycles. The van der Waals surface area contributed by atoms with Crippen molar-refractivity contribution in [3.63, 3.8) is 0 Å². The minimum Gasteiger partial charge on any atom is -0.493 e. The highest BCUT2D eigenvalue weighted by Gasteiger charge is 2.02. The van der Waals surface area contributed by atoms with Crippen molar-refractivity contribution in [1.29, 1.82) is 0 Å². The highest BCUT2D eigenvalue weighted by Crippen LogP contribution is 2.25. The van der Waals surface area contributed by atoms with Crippen molar-refractivity contribution in [3.8, 4) is 17.2 Å². The summed E-state index contributed by atoms with van der Waals surface area (Å²) >= 11 is 0. The van der Waals surface area contributed by atoms with Crippen molar-refractivity contribution < 1.29 is 14.2 Å². The molecule has 26 heavy (non-hydrogen) atoms. The maximum atomic E-state index is 5.79.